The van der Waals surface area contributed by atoms with Gasteiger partial charge in [0.15, 0.2) is 11.5 Å². The highest BCUT2D eigenvalue weighted by Crippen LogP contribution is 2.37. The minimum atomic E-state index is -0.125. The van der Waals surface area contributed by atoms with Crippen LogP contribution >= 0.6 is 0 Å². The zero-order valence-electron chi connectivity index (χ0n) is 21.7. The summed E-state index contributed by atoms with van der Waals surface area (Å²) in [6, 6.07) is 14.1. The average molecular weight is 503 g/mol. The van der Waals surface area contributed by atoms with Crippen LogP contribution in [0.3, 0.4) is 0 Å². The summed E-state index contributed by atoms with van der Waals surface area (Å²) in [4.78, 5) is 29.4. The van der Waals surface area contributed by atoms with Crippen molar-refractivity contribution in [2.75, 3.05) is 40.9 Å². The minimum absolute atomic E-state index is 0.0422. The third-order valence-electron chi connectivity index (χ3n) is 7.56. The number of hydrogen-bond acceptors (Lipinski definition) is 6. The van der Waals surface area contributed by atoms with E-state index in [0.29, 0.717) is 24.6 Å². The SMILES string of the molecule is COc1ccc(C2=NN(Cc3ccc(CN4CCN(C)C(=O)C4)cc3)C(=O)[C@@H]3CC=CC[C@H]23)cc1OC. The second-order valence-electron chi connectivity index (χ2n) is 9.95. The molecule has 1 aliphatic carbocycles. The van der Waals surface area contributed by atoms with Crippen LogP contribution < -0.4 is 9.47 Å². The van der Waals surface area contributed by atoms with Gasteiger partial charge in [-0.05, 0) is 42.2 Å². The van der Waals surface area contributed by atoms with Gasteiger partial charge in [-0.3, -0.25) is 14.5 Å². The van der Waals surface area contributed by atoms with E-state index in [1.165, 1.54) is 0 Å². The molecule has 2 amide bonds. The second-order valence-corrected chi connectivity index (χ2v) is 9.95. The molecule has 0 radical (unpaired) electrons. The number of carbonyl (C=O) groups is 2. The lowest BCUT2D eigenvalue weighted by Crippen LogP contribution is -2.47. The molecule has 1 fully saturated rings. The third kappa shape index (κ3) is 5.25. The lowest BCUT2D eigenvalue weighted by Gasteiger charge is -2.37. The molecule has 2 atom stereocenters. The normalized spacial score (nSPS) is 22.1. The van der Waals surface area contributed by atoms with Crippen molar-refractivity contribution in [3.8, 4) is 11.5 Å². The number of allylic oxidation sites excluding steroid dienone is 2. The Labute approximate surface area is 218 Å². The van der Waals surface area contributed by atoms with Gasteiger partial charge in [0.1, 0.15) is 0 Å². The Hall–Kier alpha value is -3.65. The predicted octanol–water partition coefficient (Wildman–Crippen LogP) is 3.31. The predicted molar refractivity (Wildman–Crippen MR) is 141 cm³/mol. The first-order valence-electron chi connectivity index (χ1n) is 12.8. The summed E-state index contributed by atoms with van der Waals surface area (Å²) in [5.41, 5.74) is 4.02. The van der Waals surface area contributed by atoms with Crippen LogP contribution in [0.1, 0.15) is 29.5 Å². The zero-order chi connectivity index (χ0) is 25.9. The number of amides is 2. The van der Waals surface area contributed by atoms with Crippen LogP contribution in [0.2, 0.25) is 0 Å². The highest BCUT2D eigenvalue weighted by molar-refractivity contribution is 6.07. The van der Waals surface area contributed by atoms with Gasteiger partial charge in [0.05, 0.1) is 38.9 Å². The molecule has 0 bridgehead atoms. The summed E-state index contributed by atoms with van der Waals surface area (Å²) in [5, 5.41) is 6.52. The molecule has 8 heteroatoms. The number of hydrazone groups is 1. The lowest BCUT2D eigenvalue weighted by atomic mass is 9.76. The number of hydrogen-bond donors (Lipinski definition) is 0. The molecule has 0 unspecified atom stereocenters. The summed E-state index contributed by atoms with van der Waals surface area (Å²) in [6.45, 7) is 3.23. The Morgan fingerprint density at radius 2 is 1.54 bits per heavy atom. The van der Waals surface area contributed by atoms with Crippen LogP contribution in [0.4, 0.5) is 0 Å². The standard InChI is InChI=1S/C29H34N4O4/c1-31-14-15-32(19-27(31)34)17-20-8-10-21(11-9-20)18-33-29(35)24-7-5-4-6-23(24)28(30-33)22-12-13-25(36-2)26(16-22)37-3/h4-5,8-13,16,23-24H,6-7,14-15,17-19H2,1-3H3/t23-,24+/m0/s1. The van der Waals surface area contributed by atoms with Gasteiger partial charge in [-0.25, -0.2) is 5.01 Å². The summed E-state index contributed by atoms with van der Waals surface area (Å²) >= 11 is 0. The number of benzene rings is 2. The fourth-order valence-electron chi connectivity index (χ4n) is 5.34. The quantitative estimate of drug-likeness (QED) is 0.543. The van der Waals surface area contributed by atoms with E-state index >= 15 is 0 Å². The molecule has 8 nitrogen and oxygen atoms in total. The minimum Gasteiger partial charge on any atom is -0.493 e. The topological polar surface area (TPSA) is 74.7 Å². The molecule has 1 saturated heterocycles. The lowest BCUT2D eigenvalue weighted by molar-refractivity contribution is -0.138. The molecule has 194 valence electrons. The number of fused-ring (bicyclic) bond motifs is 1. The van der Waals surface area contributed by atoms with Gasteiger partial charge in [-0.1, -0.05) is 36.4 Å². The Morgan fingerprint density at radius 1 is 0.865 bits per heavy atom. The van der Waals surface area contributed by atoms with Gasteiger partial charge >= 0.3 is 0 Å². The van der Waals surface area contributed by atoms with Crippen molar-refractivity contribution in [3.05, 3.63) is 71.3 Å². The van der Waals surface area contributed by atoms with Crippen molar-refractivity contribution in [3.63, 3.8) is 0 Å². The number of piperazine rings is 1. The van der Waals surface area contributed by atoms with Crippen molar-refractivity contribution >= 4 is 17.5 Å². The van der Waals surface area contributed by atoms with Crippen LogP contribution in [-0.2, 0) is 22.7 Å². The number of methoxy groups -OCH3 is 2. The molecule has 2 heterocycles. The number of ether oxygens (including phenoxy) is 2. The van der Waals surface area contributed by atoms with Crippen LogP contribution in [0.5, 0.6) is 11.5 Å². The van der Waals surface area contributed by atoms with E-state index < -0.39 is 0 Å². The van der Waals surface area contributed by atoms with Crippen LogP contribution in [-0.4, -0.2) is 73.2 Å². The first kappa shape index (κ1) is 25.0. The molecular formula is C29H34N4O4. The van der Waals surface area contributed by atoms with E-state index in [1.807, 2.05) is 25.2 Å². The van der Waals surface area contributed by atoms with Crippen molar-refractivity contribution in [1.29, 1.82) is 0 Å². The molecule has 2 aromatic carbocycles. The zero-order valence-corrected chi connectivity index (χ0v) is 21.7. The van der Waals surface area contributed by atoms with Crippen molar-refractivity contribution in [2.45, 2.75) is 25.9 Å². The molecule has 37 heavy (non-hydrogen) atoms. The highest BCUT2D eigenvalue weighted by atomic mass is 16.5. The summed E-state index contributed by atoms with van der Waals surface area (Å²) in [5.74, 6) is 1.45. The Kier molecular flexibility index (Phi) is 7.28. The van der Waals surface area contributed by atoms with Crippen molar-refractivity contribution in [2.24, 2.45) is 16.9 Å². The molecular weight excluding hydrogens is 468 g/mol. The average Bonchev–Trinajstić information content (AvgIpc) is 2.93. The molecule has 0 N–H and O–H groups in total. The second kappa shape index (κ2) is 10.8. The van der Waals surface area contributed by atoms with E-state index in [4.69, 9.17) is 14.6 Å². The smallest absolute Gasteiger partial charge is 0.247 e. The largest absolute Gasteiger partial charge is 0.493 e. The Bertz CT molecular complexity index is 1220. The monoisotopic (exact) mass is 502 g/mol. The third-order valence-corrected chi connectivity index (χ3v) is 7.56. The van der Waals surface area contributed by atoms with Gasteiger partial charge in [0.2, 0.25) is 11.8 Å². The molecule has 0 spiro atoms. The number of likely N-dealkylation sites (N-methyl/N-ethyl adjacent to an activating group) is 1. The highest BCUT2D eigenvalue weighted by Gasteiger charge is 2.40. The molecule has 2 aromatic rings. The van der Waals surface area contributed by atoms with E-state index in [2.05, 4.69) is 41.3 Å². The Balaban J connectivity index is 1.36. The maximum absolute atomic E-state index is 13.4. The number of rotatable bonds is 7. The van der Waals surface area contributed by atoms with Gasteiger partial charge in [0.25, 0.3) is 0 Å². The van der Waals surface area contributed by atoms with Gasteiger partial charge in [0, 0.05) is 38.2 Å². The van der Waals surface area contributed by atoms with E-state index in [1.54, 1.807) is 24.1 Å². The molecule has 3 aliphatic rings. The van der Waals surface area contributed by atoms with Gasteiger partial charge in [-0.15, -0.1) is 0 Å². The summed E-state index contributed by atoms with van der Waals surface area (Å²) in [7, 11) is 5.09. The number of nitrogens with zero attached hydrogens (tertiary/aromatic N) is 4. The maximum Gasteiger partial charge on any atom is 0.247 e. The first-order valence-corrected chi connectivity index (χ1v) is 12.8. The molecule has 0 saturated carbocycles. The number of carbonyl (C=O) groups excluding carboxylic acids is 2. The van der Waals surface area contributed by atoms with Gasteiger partial charge < -0.3 is 14.4 Å². The Morgan fingerprint density at radius 3 is 2.22 bits per heavy atom. The summed E-state index contributed by atoms with van der Waals surface area (Å²) in [6.07, 6.45) is 5.76. The summed E-state index contributed by atoms with van der Waals surface area (Å²) < 4.78 is 10.9. The van der Waals surface area contributed by atoms with Crippen LogP contribution in [0.15, 0.2) is 59.7 Å². The molecule has 5 rings (SSSR count). The van der Waals surface area contributed by atoms with Crippen LogP contribution in [0, 0.1) is 11.8 Å². The first-order chi connectivity index (χ1) is 18.0. The van der Waals surface area contributed by atoms with E-state index in [9.17, 15) is 9.59 Å². The van der Waals surface area contributed by atoms with E-state index in [0.717, 1.165) is 54.9 Å². The van der Waals surface area contributed by atoms with Gasteiger partial charge in [-0.2, -0.15) is 5.10 Å². The fourth-order valence-corrected chi connectivity index (χ4v) is 5.34. The van der Waals surface area contributed by atoms with Crippen LogP contribution in [0.25, 0.3) is 0 Å². The van der Waals surface area contributed by atoms with Crippen molar-refractivity contribution < 1.29 is 19.1 Å². The fraction of sp³-hybridized carbons (Fsp3) is 0.414. The maximum atomic E-state index is 13.4. The van der Waals surface area contributed by atoms with E-state index in [-0.39, 0.29) is 23.7 Å². The van der Waals surface area contributed by atoms with Crippen molar-refractivity contribution in [1.82, 2.24) is 14.8 Å². The molecule has 0 aromatic heterocycles. The molecule has 2 aliphatic heterocycles.